The van der Waals surface area contributed by atoms with Crippen molar-refractivity contribution < 1.29 is 32.3 Å². The molecule has 1 amide bonds. The summed E-state index contributed by atoms with van der Waals surface area (Å²) in [4.78, 5) is 43.4. The number of carbonyl (C=O) groups excluding carboxylic acids is 3. The number of amides is 1. The van der Waals surface area contributed by atoms with Gasteiger partial charge in [0.05, 0.1) is 36.0 Å². The maximum absolute atomic E-state index is 12.9. The molecule has 0 saturated heterocycles. The topological polar surface area (TPSA) is 101 Å². The Bertz CT molecular complexity index is 1200. The number of hydrogen-bond acceptors (Lipinski definition) is 6. The van der Waals surface area contributed by atoms with Crippen molar-refractivity contribution in [3.8, 4) is 11.3 Å². The first-order chi connectivity index (χ1) is 15.0. The number of methoxy groups -OCH3 is 1. The lowest BCUT2D eigenvalue weighted by molar-refractivity contribution is -0.137. The van der Waals surface area contributed by atoms with E-state index in [9.17, 15) is 27.6 Å². The molecular formula is C21H18F3N3O4S. The number of nitrogens with zero attached hydrogens (tertiary/aromatic N) is 1. The van der Waals surface area contributed by atoms with Gasteiger partial charge in [0.1, 0.15) is 0 Å². The molecule has 0 unspecified atom stereocenters. The van der Waals surface area contributed by atoms with Gasteiger partial charge < -0.3 is 15.0 Å². The quantitative estimate of drug-likeness (QED) is 0.408. The van der Waals surface area contributed by atoms with Crippen molar-refractivity contribution in [3.63, 3.8) is 0 Å². The number of halogens is 3. The zero-order valence-corrected chi connectivity index (χ0v) is 18.0. The van der Waals surface area contributed by atoms with Crippen molar-refractivity contribution in [1.29, 1.82) is 0 Å². The highest BCUT2D eigenvalue weighted by atomic mass is 32.1. The van der Waals surface area contributed by atoms with Gasteiger partial charge in [-0.3, -0.25) is 9.59 Å². The van der Waals surface area contributed by atoms with Gasteiger partial charge in [-0.25, -0.2) is 9.78 Å². The van der Waals surface area contributed by atoms with Crippen LogP contribution in [0.15, 0.2) is 29.6 Å². The molecule has 2 heterocycles. The third kappa shape index (κ3) is 4.88. The third-order valence-corrected chi connectivity index (χ3v) is 5.40. The Morgan fingerprint density at radius 3 is 2.59 bits per heavy atom. The van der Waals surface area contributed by atoms with E-state index in [1.165, 1.54) is 31.5 Å². The molecular weight excluding hydrogens is 447 g/mol. The molecule has 1 aromatic carbocycles. The number of ether oxygens (including phenoxy) is 1. The van der Waals surface area contributed by atoms with Gasteiger partial charge in [-0.05, 0) is 24.6 Å². The SMILES string of the molecule is COC(=O)c1c(CC(=O)Nc2nc(-c3cccc(C(F)(F)F)c3)cs2)[nH]c(C(C)=O)c1C. The molecule has 0 spiro atoms. The van der Waals surface area contributed by atoms with Crippen molar-refractivity contribution in [1.82, 2.24) is 9.97 Å². The average molecular weight is 465 g/mol. The summed E-state index contributed by atoms with van der Waals surface area (Å²) >= 11 is 1.04. The number of thiazole rings is 1. The lowest BCUT2D eigenvalue weighted by Gasteiger charge is -2.07. The predicted octanol–water partition coefficient (Wildman–Crippen LogP) is 4.64. The predicted molar refractivity (Wildman–Crippen MR) is 112 cm³/mol. The van der Waals surface area contributed by atoms with Crippen LogP contribution in [0.2, 0.25) is 0 Å². The molecule has 0 bridgehead atoms. The van der Waals surface area contributed by atoms with Crippen LogP contribution in [0.5, 0.6) is 0 Å². The Morgan fingerprint density at radius 2 is 1.97 bits per heavy atom. The molecule has 0 radical (unpaired) electrons. The van der Waals surface area contributed by atoms with Crippen molar-refractivity contribution in [2.45, 2.75) is 26.4 Å². The number of anilines is 1. The summed E-state index contributed by atoms with van der Waals surface area (Å²) < 4.78 is 43.5. The molecule has 2 N–H and O–H groups in total. The van der Waals surface area contributed by atoms with E-state index in [4.69, 9.17) is 4.74 Å². The summed E-state index contributed by atoms with van der Waals surface area (Å²) in [5, 5.41) is 4.26. The van der Waals surface area contributed by atoms with Crippen LogP contribution in [0.25, 0.3) is 11.3 Å². The molecule has 0 atom stereocenters. The largest absolute Gasteiger partial charge is 0.465 e. The maximum atomic E-state index is 12.9. The number of nitrogens with one attached hydrogen (secondary N) is 2. The highest BCUT2D eigenvalue weighted by Crippen LogP contribution is 2.33. The van der Waals surface area contributed by atoms with Crippen LogP contribution >= 0.6 is 11.3 Å². The van der Waals surface area contributed by atoms with Gasteiger partial charge >= 0.3 is 12.1 Å². The van der Waals surface area contributed by atoms with Crippen molar-refractivity contribution in [3.05, 3.63) is 57.7 Å². The van der Waals surface area contributed by atoms with E-state index < -0.39 is 23.6 Å². The Labute approximate surface area is 184 Å². The highest BCUT2D eigenvalue weighted by molar-refractivity contribution is 7.14. The molecule has 0 aliphatic carbocycles. The van der Waals surface area contributed by atoms with E-state index in [0.717, 1.165) is 23.5 Å². The van der Waals surface area contributed by atoms with Crippen LogP contribution in [0.3, 0.4) is 0 Å². The second kappa shape index (κ2) is 8.95. The molecule has 0 aliphatic rings. The number of carbonyl (C=O) groups is 3. The van der Waals surface area contributed by atoms with E-state index in [1.807, 2.05) is 0 Å². The van der Waals surface area contributed by atoms with Gasteiger partial charge in [-0.2, -0.15) is 13.2 Å². The molecule has 3 rings (SSSR count). The first kappa shape index (κ1) is 23.2. The number of hydrogen-bond donors (Lipinski definition) is 2. The van der Waals surface area contributed by atoms with Crippen LogP contribution in [-0.4, -0.2) is 34.7 Å². The minimum atomic E-state index is -4.48. The van der Waals surface area contributed by atoms with Crippen LogP contribution in [0, 0.1) is 6.92 Å². The molecule has 32 heavy (non-hydrogen) atoms. The standard InChI is InChI=1S/C21H18F3N3O4S/c1-10-17(19(30)31-3)14(25-18(10)11(2)28)8-16(29)27-20-26-15(9-32-20)12-5-4-6-13(7-12)21(22,23)24/h4-7,9,25H,8H2,1-3H3,(H,26,27,29). The average Bonchev–Trinajstić information content (AvgIpc) is 3.31. The fourth-order valence-corrected chi connectivity index (χ4v) is 3.90. The zero-order valence-electron chi connectivity index (χ0n) is 17.2. The van der Waals surface area contributed by atoms with Crippen molar-refractivity contribution in [2.24, 2.45) is 0 Å². The van der Waals surface area contributed by atoms with E-state index >= 15 is 0 Å². The Hall–Kier alpha value is -3.47. The fourth-order valence-electron chi connectivity index (χ4n) is 3.16. The number of benzene rings is 1. The number of Topliss-reactive ketones (excluding diaryl/α,β-unsaturated/α-hetero) is 1. The first-order valence-corrected chi connectivity index (χ1v) is 10.1. The Kier molecular flexibility index (Phi) is 6.49. The monoisotopic (exact) mass is 465 g/mol. The first-order valence-electron chi connectivity index (χ1n) is 9.25. The van der Waals surface area contributed by atoms with E-state index in [2.05, 4.69) is 15.3 Å². The van der Waals surface area contributed by atoms with E-state index in [0.29, 0.717) is 5.56 Å². The summed E-state index contributed by atoms with van der Waals surface area (Å²) in [6, 6.07) is 4.72. The van der Waals surface area contributed by atoms with Crippen molar-refractivity contribution in [2.75, 3.05) is 12.4 Å². The number of ketones is 1. The van der Waals surface area contributed by atoms with Crippen LogP contribution in [0.1, 0.15) is 44.6 Å². The Balaban J connectivity index is 1.79. The lowest BCUT2D eigenvalue weighted by Crippen LogP contribution is -2.17. The van der Waals surface area contributed by atoms with Gasteiger partial charge in [-0.15, -0.1) is 11.3 Å². The highest BCUT2D eigenvalue weighted by Gasteiger charge is 2.30. The van der Waals surface area contributed by atoms with Gasteiger partial charge in [0, 0.05) is 23.6 Å². The second-order valence-electron chi connectivity index (χ2n) is 6.87. The van der Waals surface area contributed by atoms with Gasteiger partial charge in [-0.1, -0.05) is 12.1 Å². The van der Waals surface area contributed by atoms with Gasteiger partial charge in [0.2, 0.25) is 5.91 Å². The molecule has 168 valence electrons. The zero-order chi connectivity index (χ0) is 23.6. The van der Waals surface area contributed by atoms with E-state index in [-0.39, 0.29) is 45.5 Å². The minimum absolute atomic E-state index is 0.108. The lowest BCUT2D eigenvalue weighted by atomic mass is 10.1. The molecule has 7 nitrogen and oxygen atoms in total. The van der Waals surface area contributed by atoms with Crippen LogP contribution in [-0.2, 0) is 22.1 Å². The molecule has 0 fully saturated rings. The number of alkyl halides is 3. The second-order valence-corrected chi connectivity index (χ2v) is 7.73. The maximum Gasteiger partial charge on any atom is 0.416 e. The number of esters is 1. The normalized spacial score (nSPS) is 11.3. The minimum Gasteiger partial charge on any atom is -0.465 e. The molecule has 2 aromatic heterocycles. The smallest absolute Gasteiger partial charge is 0.416 e. The van der Waals surface area contributed by atoms with E-state index in [1.54, 1.807) is 6.92 Å². The molecule has 0 saturated carbocycles. The number of aromatic amines is 1. The molecule has 11 heteroatoms. The fraction of sp³-hybridized carbons (Fsp3) is 0.238. The van der Waals surface area contributed by atoms with Gasteiger partial charge in [0.25, 0.3) is 0 Å². The summed E-state index contributed by atoms with van der Waals surface area (Å²) in [5.74, 6) is -1.52. The summed E-state index contributed by atoms with van der Waals surface area (Å²) in [5.41, 5.74) is 0.648. The summed E-state index contributed by atoms with van der Waals surface area (Å²) in [6.45, 7) is 2.90. The third-order valence-electron chi connectivity index (χ3n) is 4.64. The number of rotatable bonds is 6. The van der Waals surface area contributed by atoms with Crippen LogP contribution < -0.4 is 5.32 Å². The number of aromatic nitrogens is 2. The molecule has 3 aromatic rings. The number of H-pyrrole nitrogens is 1. The van der Waals surface area contributed by atoms with Crippen LogP contribution in [0.4, 0.5) is 18.3 Å². The summed E-state index contributed by atoms with van der Waals surface area (Å²) in [6.07, 6.45) is -4.75. The van der Waals surface area contributed by atoms with Gasteiger partial charge in [0.15, 0.2) is 10.9 Å². The van der Waals surface area contributed by atoms with Crippen molar-refractivity contribution >= 4 is 34.1 Å². The summed E-state index contributed by atoms with van der Waals surface area (Å²) in [7, 11) is 1.19. The molecule has 0 aliphatic heterocycles. The Morgan fingerprint density at radius 1 is 1.25 bits per heavy atom.